The summed E-state index contributed by atoms with van der Waals surface area (Å²) in [5, 5.41) is 2.67. The Morgan fingerprint density at radius 3 is 1.94 bits per heavy atom. The average Bonchev–Trinajstić information content (AvgIpc) is 2.80. The highest BCUT2D eigenvalue weighted by atomic mass is 16.5. The van der Waals surface area contributed by atoms with E-state index in [2.05, 4.69) is 5.32 Å². The molecule has 3 aromatic carbocycles. The number of nitrogens with one attached hydrogen (secondary N) is 1. The normalized spacial score (nSPS) is 12.5. The van der Waals surface area contributed by atoms with Gasteiger partial charge in [0.05, 0.1) is 0 Å². The molecule has 3 rings (SSSR count). The van der Waals surface area contributed by atoms with Crippen LogP contribution in [0.4, 0.5) is 0 Å². The number of benzene rings is 3. The first kappa shape index (κ1) is 21.9. The number of ether oxygens (including phenoxy) is 1. The number of hydrogen-bond acceptors (Lipinski definition) is 4. The Labute approximate surface area is 181 Å². The molecule has 0 saturated heterocycles. The SMILES string of the molecule is CO[C@H](C(=O)N[C@@H](Cc1ccc(C(=O)c2ccccc2)cc1)C(N)=O)c1ccccc1. The first-order valence-corrected chi connectivity index (χ1v) is 9.85. The van der Waals surface area contributed by atoms with Crippen LogP contribution in [0.1, 0.15) is 33.2 Å². The van der Waals surface area contributed by atoms with Gasteiger partial charge < -0.3 is 15.8 Å². The van der Waals surface area contributed by atoms with Crippen LogP contribution >= 0.6 is 0 Å². The second-order valence-corrected chi connectivity index (χ2v) is 7.09. The summed E-state index contributed by atoms with van der Waals surface area (Å²) >= 11 is 0. The summed E-state index contributed by atoms with van der Waals surface area (Å²) in [4.78, 5) is 37.2. The minimum absolute atomic E-state index is 0.0855. The van der Waals surface area contributed by atoms with Crippen LogP contribution in [-0.2, 0) is 20.7 Å². The lowest BCUT2D eigenvalue weighted by molar-refractivity contribution is -0.134. The highest BCUT2D eigenvalue weighted by Gasteiger charge is 2.25. The van der Waals surface area contributed by atoms with Gasteiger partial charge in [0.15, 0.2) is 11.9 Å². The number of carbonyl (C=O) groups excluding carboxylic acids is 3. The van der Waals surface area contributed by atoms with E-state index in [1.165, 1.54) is 7.11 Å². The van der Waals surface area contributed by atoms with E-state index in [1.54, 1.807) is 60.7 Å². The van der Waals surface area contributed by atoms with Gasteiger partial charge >= 0.3 is 0 Å². The van der Waals surface area contributed by atoms with Crippen LogP contribution in [0.25, 0.3) is 0 Å². The highest BCUT2D eigenvalue weighted by Crippen LogP contribution is 2.17. The molecule has 6 nitrogen and oxygen atoms in total. The number of methoxy groups -OCH3 is 1. The predicted molar refractivity (Wildman–Crippen MR) is 117 cm³/mol. The molecule has 0 heterocycles. The van der Waals surface area contributed by atoms with Crippen molar-refractivity contribution in [2.45, 2.75) is 18.6 Å². The number of hydrogen-bond donors (Lipinski definition) is 2. The van der Waals surface area contributed by atoms with Crippen molar-refractivity contribution >= 4 is 17.6 Å². The first-order valence-electron chi connectivity index (χ1n) is 9.85. The number of primary amides is 1. The van der Waals surface area contributed by atoms with Crippen molar-refractivity contribution in [3.05, 3.63) is 107 Å². The van der Waals surface area contributed by atoms with E-state index in [0.717, 1.165) is 5.56 Å². The van der Waals surface area contributed by atoms with Gasteiger partial charge in [0.1, 0.15) is 6.04 Å². The van der Waals surface area contributed by atoms with Gasteiger partial charge in [0.2, 0.25) is 5.91 Å². The van der Waals surface area contributed by atoms with E-state index in [9.17, 15) is 14.4 Å². The van der Waals surface area contributed by atoms with E-state index in [0.29, 0.717) is 16.7 Å². The van der Waals surface area contributed by atoms with E-state index in [4.69, 9.17) is 10.5 Å². The molecule has 0 unspecified atom stereocenters. The van der Waals surface area contributed by atoms with Crippen LogP contribution in [0.15, 0.2) is 84.9 Å². The molecule has 0 bridgehead atoms. The summed E-state index contributed by atoms with van der Waals surface area (Å²) in [5.74, 6) is -1.19. The van der Waals surface area contributed by atoms with E-state index < -0.39 is 24.0 Å². The smallest absolute Gasteiger partial charge is 0.254 e. The molecule has 0 fully saturated rings. The van der Waals surface area contributed by atoms with Crippen LogP contribution in [0.5, 0.6) is 0 Å². The molecule has 6 heteroatoms. The quantitative estimate of drug-likeness (QED) is 0.524. The van der Waals surface area contributed by atoms with E-state index in [-0.39, 0.29) is 12.2 Å². The topological polar surface area (TPSA) is 98.5 Å². The van der Waals surface area contributed by atoms with Gasteiger partial charge in [0.25, 0.3) is 5.91 Å². The van der Waals surface area contributed by atoms with Gasteiger partial charge in [-0.15, -0.1) is 0 Å². The third-order valence-corrected chi connectivity index (χ3v) is 4.93. The maximum Gasteiger partial charge on any atom is 0.254 e. The van der Waals surface area contributed by atoms with Crippen molar-refractivity contribution in [3.63, 3.8) is 0 Å². The van der Waals surface area contributed by atoms with Crippen LogP contribution in [-0.4, -0.2) is 30.7 Å². The Morgan fingerprint density at radius 1 is 0.839 bits per heavy atom. The minimum Gasteiger partial charge on any atom is -0.368 e. The van der Waals surface area contributed by atoms with Gasteiger partial charge in [-0.2, -0.15) is 0 Å². The molecular weight excluding hydrogens is 392 g/mol. The monoisotopic (exact) mass is 416 g/mol. The molecule has 0 spiro atoms. The molecule has 31 heavy (non-hydrogen) atoms. The Kier molecular flexibility index (Phi) is 7.30. The number of ketones is 1. The fourth-order valence-electron chi connectivity index (χ4n) is 3.28. The Bertz CT molecular complexity index is 1030. The molecule has 0 aliphatic carbocycles. The first-order chi connectivity index (χ1) is 15.0. The summed E-state index contributed by atoms with van der Waals surface area (Å²) in [6, 6.07) is 24.0. The third-order valence-electron chi connectivity index (χ3n) is 4.93. The molecule has 0 aliphatic heterocycles. The van der Waals surface area contributed by atoms with Crippen molar-refractivity contribution in [3.8, 4) is 0 Å². The molecule has 2 atom stereocenters. The number of carbonyl (C=O) groups is 3. The highest BCUT2D eigenvalue weighted by molar-refractivity contribution is 6.08. The molecular formula is C25H24N2O4. The molecule has 158 valence electrons. The fraction of sp³-hybridized carbons (Fsp3) is 0.160. The molecule has 3 aromatic rings. The van der Waals surface area contributed by atoms with Crippen LogP contribution in [0, 0.1) is 0 Å². The maximum atomic E-state index is 12.7. The summed E-state index contributed by atoms with van der Waals surface area (Å²) < 4.78 is 5.31. The van der Waals surface area contributed by atoms with Gasteiger partial charge in [-0.05, 0) is 11.1 Å². The summed E-state index contributed by atoms with van der Waals surface area (Å²) in [7, 11) is 1.43. The second kappa shape index (κ2) is 10.3. The van der Waals surface area contributed by atoms with Crippen LogP contribution < -0.4 is 11.1 Å². The van der Waals surface area contributed by atoms with Crippen LogP contribution in [0.3, 0.4) is 0 Å². The largest absolute Gasteiger partial charge is 0.368 e. The summed E-state index contributed by atoms with van der Waals surface area (Å²) in [5.41, 5.74) is 8.10. The molecule has 0 radical (unpaired) electrons. The molecule has 0 saturated carbocycles. The maximum absolute atomic E-state index is 12.7. The molecule has 3 N–H and O–H groups in total. The number of rotatable bonds is 9. The average molecular weight is 416 g/mol. The van der Waals surface area contributed by atoms with E-state index in [1.807, 2.05) is 24.3 Å². The zero-order valence-electron chi connectivity index (χ0n) is 17.2. The predicted octanol–water partition coefficient (Wildman–Crippen LogP) is 2.82. The van der Waals surface area contributed by atoms with Crippen molar-refractivity contribution in [1.29, 1.82) is 0 Å². The van der Waals surface area contributed by atoms with Gasteiger partial charge in [-0.3, -0.25) is 14.4 Å². The lowest BCUT2D eigenvalue weighted by atomic mass is 9.99. The molecule has 0 aromatic heterocycles. The zero-order chi connectivity index (χ0) is 22.2. The Morgan fingerprint density at radius 2 is 1.39 bits per heavy atom. The number of amides is 2. The van der Waals surface area contributed by atoms with Gasteiger partial charge in [0, 0.05) is 24.7 Å². The zero-order valence-corrected chi connectivity index (χ0v) is 17.2. The lowest BCUT2D eigenvalue weighted by Crippen LogP contribution is -2.47. The Hall–Kier alpha value is -3.77. The minimum atomic E-state index is -0.912. The fourth-order valence-corrected chi connectivity index (χ4v) is 3.28. The van der Waals surface area contributed by atoms with Gasteiger partial charge in [-0.1, -0.05) is 84.9 Å². The molecule has 2 amide bonds. The third kappa shape index (κ3) is 5.65. The summed E-state index contributed by atoms with van der Waals surface area (Å²) in [6.07, 6.45) is -0.652. The standard InChI is InChI=1S/C25H24N2O4/c1-31-23(20-10-6-3-7-11-20)25(30)27-21(24(26)29)16-17-12-14-19(15-13-17)22(28)18-8-4-2-5-9-18/h2-15,21,23H,16H2,1H3,(H2,26,29)(H,27,30)/t21-,23-/m0/s1. The van der Waals surface area contributed by atoms with Crippen molar-refractivity contribution < 1.29 is 19.1 Å². The Balaban J connectivity index is 1.69. The van der Waals surface area contributed by atoms with Crippen molar-refractivity contribution in [2.75, 3.05) is 7.11 Å². The number of nitrogens with two attached hydrogens (primary N) is 1. The van der Waals surface area contributed by atoms with E-state index >= 15 is 0 Å². The van der Waals surface area contributed by atoms with Crippen LogP contribution in [0.2, 0.25) is 0 Å². The summed E-state index contributed by atoms with van der Waals surface area (Å²) in [6.45, 7) is 0. The van der Waals surface area contributed by atoms with Gasteiger partial charge in [-0.25, -0.2) is 0 Å². The second-order valence-electron chi connectivity index (χ2n) is 7.09. The molecule has 0 aliphatic rings. The van der Waals surface area contributed by atoms with Crippen molar-refractivity contribution in [2.24, 2.45) is 5.73 Å². The van der Waals surface area contributed by atoms with Crippen molar-refractivity contribution in [1.82, 2.24) is 5.32 Å². The lowest BCUT2D eigenvalue weighted by Gasteiger charge is -2.20.